The highest BCUT2D eigenvalue weighted by atomic mass is 16.6. The van der Waals surface area contributed by atoms with Crippen LogP contribution in [0.25, 0.3) is 0 Å². The topological polar surface area (TPSA) is 58.6 Å². The normalized spacial score (nSPS) is 20.0. The lowest BCUT2D eigenvalue weighted by Crippen LogP contribution is -2.44. The Bertz CT molecular complexity index is 634. The van der Waals surface area contributed by atoms with E-state index in [1.54, 1.807) is 0 Å². The summed E-state index contributed by atoms with van der Waals surface area (Å²) >= 11 is 0. The summed E-state index contributed by atoms with van der Waals surface area (Å²) in [5, 5.41) is 0. The Morgan fingerprint density at radius 1 is 1.00 bits per heavy atom. The van der Waals surface area contributed by atoms with Gasteiger partial charge < -0.3 is 14.5 Å². The zero-order valence-electron chi connectivity index (χ0n) is 17.5. The maximum atomic E-state index is 12.2. The number of carbonyl (C=O) groups is 1. The molecule has 150 valence electrons. The molecule has 0 N–H and O–H groups in total. The van der Waals surface area contributed by atoms with Gasteiger partial charge >= 0.3 is 6.09 Å². The second-order valence-corrected chi connectivity index (χ2v) is 9.04. The first-order valence-corrected chi connectivity index (χ1v) is 10.3. The zero-order valence-corrected chi connectivity index (χ0v) is 17.5. The predicted octanol–water partition coefficient (Wildman–Crippen LogP) is 3.96. The van der Waals surface area contributed by atoms with Crippen molar-refractivity contribution in [3.63, 3.8) is 0 Å². The van der Waals surface area contributed by atoms with Crippen molar-refractivity contribution >= 4 is 11.9 Å². The minimum Gasteiger partial charge on any atom is -0.444 e. The summed E-state index contributed by atoms with van der Waals surface area (Å²) in [6.45, 7) is 13.5. The minimum absolute atomic E-state index is 0.162. The number of aromatic nitrogens is 2. The summed E-state index contributed by atoms with van der Waals surface area (Å²) in [7, 11) is 0. The van der Waals surface area contributed by atoms with E-state index < -0.39 is 5.60 Å². The quantitative estimate of drug-likeness (QED) is 0.784. The van der Waals surface area contributed by atoms with Crippen molar-refractivity contribution in [3.05, 3.63) is 17.6 Å². The fourth-order valence-electron chi connectivity index (χ4n) is 4.34. The molecule has 0 unspecified atom stereocenters. The van der Waals surface area contributed by atoms with Crippen molar-refractivity contribution in [2.75, 3.05) is 31.1 Å². The molecule has 0 aliphatic carbocycles. The van der Waals surface area contributed by atoms with E-state index in [2.05, 4.69) is 20.9 Å². The number of likely N-dealkylation sites (tertiary alicyclic amines) is 1. The number of piperidine rings is 2. The number of rotatable bonds is 2. The van der Waals surface area contributed by atoms with Crippen molar-refractivity contribution in [1.29, 1.82) is 0 Å². The number of hydrogen-bond donors (Lipinski definition) is 0. The molecule has 6 heteroatoms. The first kappa shape index (κ1) is 19.9. The summed E-state index contributed by atoms with van der Waals surface area (Å²) in [6.07, 6.45) is 4.44. The van der Waals surface area contributed by atoms with Crippen molar-refractivity contribution in [3.8, 4) is 0 Å². The van der Waals surface area contributed by atoms with Gasteiger partial charge in [0.1, 0.15) is 17.2 Å². The van der Waals surface area contributed by atoms with Crippen molar-refractivity contribution < 1.29 is 9.53 Å². The third kappa shape index (κ3) is 5.33. The lowest BCUT2D eigenvalue weighted by Gasteiger charge is -2.40. The van der Waals surface area contributed by atoms with Gasteiger partial charge in [-0.05, 0) is 72.1 Å². The van der Waals surface area contributed by atoms with Gasteiger partial charge in [-0.15, -0.1) is 0 Å². The standard InChI is InChI=1S/C21H34N4O2/c1-15-14-19(23-16(2)22-15)24-10-6-17(7-11-24)18-8-12-25(13-9-18)20(26)27-21(3,4)5/h14,17-18H,6-13H2,1-5H3. The highest BCUT2D eigenvalue weighted by Gasteiger charge is 2.32. The molecule has 0 aromatic carbocycles. The molecule has 3 heterocycles. The number of hydrogen-bond acceptors (Lipinski definition) is 5. The molecular weight excluding hydrogens is 340 g/mol. The third-order valence-electron chi connectivity index (χ3n) is 5.67. The predicted molar refractivity (Wildman–Crippen MR) is 107 cm³/mol. The average molecular weight is 375 g/mol. The average Bonchev–Trinajstić information content (AvgIpc) is 2.60. The number of nitrogens with zero attached hydrogens (tertiary/aromatic N) is 4. The van der Waals surface area contributed by atoms with Crippen LogP contribution in [-0.4, -0.2) is 52.7 Å². The number of anilines is 1. The molecule has 0 radical (unpaired) electrons. The molecule has 27 heavy (non-hydrogen) atoms. The third-order valence-corrected chi connectivity index (χ3v) is 5.67. The Balaban J connectivity index is 1.48. The largest absolute Gasteiger partial charge is 0.444 e. The highest BCUT2D eigenvalue weighted by molar-refractivity contribution is 5.68. The number of amides is 1. The van der Waals surface area contributed by atoms with E-state index in [-0.39, 0.29) is 6.09 Å². The van der Waals surface area contributed by atoms with Crippen LogP contribution in [0.2, 0.25) is 0 Å². The first-order valence-electron chi connectivity index (χ1n) is 10.3. The molecule has 3 rings (SSSR count). The maximum absolute atomic E-state index is 12.2. The van der Waals surface area contributed by atoms with E-state index in [4.69, 9.17) is 4.74 Å². The SMILES string of the molecule is Cc1cc(N2CCC(C3CCN(C(=O)OC(C)(C)C)CC3)CC2)nc(C)n1. The molecule has 0 bridgehead atoms. The molecular formula is C21H34N4O2. The molecule has 1 aromatic rings. The van der Waals surface area contributed by atoms with E-state index in [0.717, 1.165) is 68.2 Å². The van der Waals surface area contributed by atoms with Crippen molar-refractivity contribution in [2.24, 2.45) is 11.8 Å². The monoisotopic (exact) mass is 374 g/mol. The van der Waals surface area contributed by atoms with E-state index in [0.29, 0.717) is 0 Å². The molecule has 1 aromatic heterocycles. The van der Waals surface area contributed by atoms with Crippen LogP contribution in [0.3, 0.4) is 0 Å². The van der Waals surface area contributed by atoms with Gasteiger partial charge in [-0.1, -0.05) is 0 Å². The van der Waals surface area contributed by atoms with Gasteiger partial charge in [0.15, 0.2) is 0 Å². The molecule has 2 aliphatic rings. The Labute approximate surface area is 163 Å². The minimum atomic E-state index is -0.418. The van der Waals surface area contributed by atoms with Crippen LogP contribution in [0.15, 0.2) is 6.07 Å². The molecule has 0 spiro atoms. The van der Waals surface area contributed by atoms with Gasteiger partial charge in [0.2, 0.25) is 0 Å². The van der Waals surface area contributed by atoms with Gasteiger partial charge in [-0.2, -0.15) is 0 Å². The molecule has 6 nitrogen and oxygen atoms in total. The van der Waals surface area contributed by atoms with Gasteiger partial charge in [-0.3, -0.25) is 0 Å². The molecule has 1 amide bonds. The second-order valence-electron chi connectivity index (χ2n) is 9.04. The van der Waals surface area contributed by atoms with Crippen molar-refractivity contribution in [2.45, 2.75) is 65.9 Å². The van der Waals surface area contributed by atoms with Crippen LogP contribution < -0.4 is 4.90 Å². The lowest BCUT2D eigenvalue weighted by atomic mass is 9.79. The fourth-order valence-corrected chi connectivity index (χ4v) is 4.34. The van der Waals surface area contributed by atoms with Gasteiger partial charge in [0, 0.05) is 37.9 Å². The molecule has 2 saturated heterocycles. The number of ether oxygens (including phenoxy) is 1. The summed E-state index contributed by atoms with van der Waals surface area (Å²) in [6, 6.07) is 2.09. The Kier molecular flexibility index (Phi) is 5.92. The molecule has 2 aliphatic heterocycles. The summed E-state index contributed by atoms with van der Waals surface area (Å²) in [5.74, 6) is 3.39. The molecule has 2 fully saturated rings. The lowest BCUT2D eigenvalue weighted by molar-refractivity contribution is 0.0152. The second kappa shape index (κ2) is 8.03. The highest BCUT2D eigenvalue weighted by Crippen LogP contribution is 2.34. The first-order chi connectivity index (χ1) is 12.7. The molecule has 0 atom stereocenters. The van der Waals surface area contributed by atoms with Crippen LogP contribution in [0, 0.1) is 25.7 Å². The summed E-state index contributed by atoms with van der Waals surface area (Å²) < 4.78 is 5.51. The van der Waals surface area contributed by atoms with Crippen LogP contribution in [0.1, 0.15) is 58.0 Å². The van der Waals surface area contributed by atoms with Crippen LogP contribution >= 0.6 is 0 Å². The van der Waals surface area contributed by atoms with Gasteiger partial charge in [-0.25, -0.2) is 14.8 Å². The van der Waals surface area contributed by atoms with Crippen LogP contribution in [0.5, 0.6) is 0 Å². The van der Waals surface area contributed by atoms with Gasteiger partial charge in [0.05, 0.1) is 0 Å². The Hall–Kier alpha value is -1.85. The summed E-state index contributed by atoms with van der Waals surface area (Å²) in [4.78, 5) is 25.5. The summed E-state index contributed by atoms with van der Waals surface area (Å²) in [5.41, 5.74) is 0.618. The Morgan fingerprint density at radius 3 is 2.07 bits per heavy atom. The van der Waals surface area contributed by atoms with Gasteiger partial charge in [0.25, 0.3) is 0 Å². The van der Waals surface area contributed by atoms with Crippen LogP contribution in [0.4, 0.5) is 10.6 Å². The van der Waals surface area contributed by atoms with Crippen LogP contribution in [-0.2, 0) is 4.74 Å². The zero-order chi connectivity index (χ0) is 19.6. The number of carbonyl (C=O) groups excluding carboxylic acids is 1. The van der Waals surface area contributed by atoms with Crippen molar-refractivity contribution in [1.82, 2.24) is 14.9 Å². The Morgan fingerprint density at radius 2 is 1.56 bits per heavy atom. The van der Waals surface area contributed by atoms with E-state index in [1.165, 1.54) is 12.8 Å². The van der Waals surface area contributed by atoms with E-state index in [9.17, 15) is 4.79 Å². The number of aryl methyl sites for hydroxylation is 2. The smallest absolute Gasteiger partial charge is 0.410 e. The fraction of sp³-hybridized carbons (Fsp3) is 0.762. The van der Waals surface area contributed by atoms with E-state index in [1.807, 2.05) is 39.5 Å². The maximum Gasteiger partial charge on any atom is 0.410 e. The molecule has 0 saturated carbocycles. The van der Waals surface area contributed by atoms with E-state index >= 15 is 0 Å².